The van der Waals surface area contributed by atoms with E-state index in [0.717, 1.165) is 34.8 Å². The molecule has 0 spiro atoms. The van der Waals surface area contributed by atoms with E-state index in [1.807, 2.05) is 20.9 Å². The van der Waals surface area contributed by atoms with E-state index >= 15 is 0 Å². The maximum absolute atomic E-state index is 12.6. The molecule has 5 nitrogen and oxygen atoms in total. The normalized spacial score (nSPS) is 23.3. The summed E-state index contributed by atoms with van der Waals surface area (Å²) >= 11 is 1.70. The number of hydrogen-bond donors (Lipinski definition) is 1. The third-order valence-electron chi connectivity index (χ3n) is 4.13. The lowest BCUT2D eigenvalue weighted by Crippen LogP contribution is -2.38. The third-order valence-corrected chi connectivity index (χ3v) is 5.61. The molecule has 0 radical (unpaired) electrons. The van der Waals surface area contributed by atoms with Crippen LogP contribution in [0.25, 0.3) is 0 Å². The van der Waals surface area contributed by atoms with Gasteiger partial charge in [0, 0.05) is 18.5 Å². The van der Waals surface area contributed by atoms with Crippen LogP contribution in [-0.2, 0) is 16.0 Å². The van der Waals surface area contributed by atoms with Crippen LogP contribution in [0.15, 0.2) is 0 Å². The number of hydrogen-bond acceptors (Lipinski definition) is 5. The zero-order chi connectivity index (χ0) is 15.6. The largest absolute Gasteiger partial charge is 0.364 e. The van der Waals surface area contributed by atoms with Crippen molar-refractivity contribution >= 4 is 17.2 Å². The van der Waals surface area contributed by atoms with Crippen LogP contribution in [0.3, 0.4) is 0 Å². The zero-order valence-corrected chi connectivity index (χ0v) is 14.1. The third kappa shape index (κ3) is 3.44. The Morgan fingerprint density at radius 1 is 1.57 bits per heavy atom. The molecule has 1 aromatic rings. The first kappa shape index (κ1) is 16.4. The SMILES string of the molecule is CCc1nc(C)c(C(C)N(C)C(=O)[C@@H]2CC[C@H](CN)O2)s1. The van der Waals surface area contributed by atoms with Gasteiger partial charge in [-0.3, -0.25) is 4.79 Å². The molecule has 0 aromatic carbocycles. The number of aryl methyl sites for hydroxylation is 2. The summed E-state index contributed by atoms with van der Waals surface area (Å²) in [5.74, 6) is 0.0456. The number of aromatic nitrogens is 1. The number of thiazole rings is 1. The summed E-state index contributed by atoms with van der Waals surface area (Å²) in [4.78, 5) is 20.0. The monoisotopic (exact) mass is 311 g/mol. The van der Waals surface area contributed by atoms with Crippen molar-refractivity contribution in [2.24, 2.45) is 5.73 Å². The van der Waals surface area contributed by atoms with Crippen LogP contribution in [-0.4, -0.2) is 41.6 Å². The lowest BCUT2D eigenvalue weighted by molar-refractivity contribution is -0.143. The van der Waals surface area contributed by atoms with E-state index < -0.39 is 0 Å². The molecule has 1 amide bonds. The fourth-order valence-corrected chi connectivity index (χ4v) is 3.76. The van der Waals surface area contributed by atoms with E-state index in [9.17, 15) is 4.79 Å². The van der Waals surface area contributed by atoms with Gasteiger partial charge in [-0.15, -0.1) is 11.3 Å². The van der Waals surface area contributed by atoms with E-state index in [2.05, 4.69) is 11.9 Å². The van der Waals surface area contributed by atoms with Crippen molar-refractivity contribution in [3.8, 4) is 0 Å². The molecule has 2 N–H and O–H groups in total. The predicted molar refractivity (Wildman–Crippen MR) is 84.4 cm³/mol. The summed E-state index contributed by atoms with van der Waals surface area (Å²) in [6, 6.07) is 0.0239. The van der Waals surface area contributed by atoms with E-state index in [1.165, 1.54) is 0 Å². The molecule has 1 unspecified atom stereocenters. The second-order valence-electron chi connectivity index (χ2n) is 5.60. The molecule has 6 heteroatoms. The van der Waals surface area contributed by atoms with Gasteiger partial charge in [0.05, 0.1) is 22.8 Å². The van der Waals surface area contributed by atoms with E-state index in [-0.39, 0.29) is 24.2 Å². The molecule has 1 fully saturated rings. The Morgan fingerprint density at radius 3 is 2.81 bits per heavy atom. The van der Waals surface area contributed by atoms with Crippen LogP contribution in [0.1, 0.15) is 48.3 Å². The first-order valence-electron chi connectivity index (χ1n) is 7.56. The van der Waals surface area contributed by atoms with Crippen molar-refractivity contribution < 1.29 is 9.53 Å². The minimum Gasteiger partial charge on any atom is -0.364 e. The molecule has 1 aliphatic heterocycles. The second-order valence-corrected chi connectivity index (χ2v) is 6.71. The van der Waals surface area contributed by atoms with Gasteiger partial charge < -0.3 is 15.4 Å². The van der Waals surface area contributed by atoms with Gasteiger partial charge in [-0.05, 0) is 33.1 Å². The van der Waals surface area contributed by atoms with Crippen molar-refractivity contribution in [1.29, 1.82) is 0 Å². The molecular weight excluding hydrogens is 286 g/mol. The van der Waals surface area contributed by atoms with Crippen molar-refractivity contribution in [3.05, 3.63) is 15.6 Å². The molecule has 2 rings (SSSR count). The van der Waals surface area contributed by atoms with E-state index in [4.69, 9.17) is 10.5 Å². The zero-order valence-electron chi connectivity index (χ0n) is 13.3. The maximum Gasteiger partial charge on any atom is 0.251 e. The molecule has 1 saturated heterocycles. The number of carbonyl (C=O) groups excluding carboxylic acids is 1. The maximum atomic E-state index is 12.6. The molecular formula is C15H25N3O2S. The molecule has 0 saturated carbocycles. The Morgan fingerprint density at radius 2 is 2.29 bits per heavy atom. The lowest BCUT2D eigenvalue weighted by atomic mass is 10.1. The van der Waals surface area contributed by atoms with Crippen molar-refractivity contribution in [3.63, 3.8) is 0 Å². The summed E-state index contributed by atoms with van der Waals surface area (Å²) in [5.41, 5.74) is 6.63. The summed E-state index contributed by atoms with van der Waals surface area (Å²) < 4.78 is 5.71. The fourth-order valence-electron chi connectivity index (χ4n) is 2.66. The molecule has 3 atom stereocenters. The summed E-state index contributed by atoms with van der Waals surface area (Å²) in [7, 11) is 1.84. The first-order valence-corrected chi connectivity index (χ1v) is 8.37. The molecule has 21 heavy (non-hydrogen) atoms. The number of amides is 1. The summed E-state index contributed by atoms with van der Waals surface area (Å²) in [6.45, 7) is 6.64. The van der Waals surface area contributed by atoms with E-state index in [1.54, 1.807) is 16.2 Å². The Labute approximate surface area is 130 Å². The fraction of sp³-hybridized carbons (Fsp3) is 0.733. The van der Waals surface area contributed by atoms with Crippen LogP contribution in [0.4, 0.5) is 0 Å². The number of likely N-dealkylation sites (N-methyl/N-ethyl adjacent to an activating group) is 1. The molecule has 1 aromatic heterocycles. The Balaban J connectivity index is 2.06. The van der Waals surface area contributed by atoms with Gasteiger partial charge >= 0.3 is 0 Å². The number of carbonyl (C=O) groups is 1. The average molecular weight is 311 g/mol. The molecule has 0 aliphatic carbocycles. The van der Waals surface area contributed by atoms with Gasteiger partial charge in [0.15, 0.2) is 0 Å². The smallest absolute Gasteiger partial charge is 0.251 e. The minimum atomic E-state index is -0.343. The van der Waals surface area contributed by atoms with Crippen molar-refractivity contribution in [1.82, 2.24) is 9.88 Å². The topological polar surface area (TPSA) is 68.5 Å². The van der Waals surface area contributed by atoms with Crippen molar-refractivity contribution in [2.75, 3.05) is 13.6 Å². The standard InChI is InChI=1S/C15H25N3O2S/c1-5-13-17-9(2)14(21-13)10(3)18(4)15(19)12-7-6-11(8-16)20-12/h10-12H,5-8,16H2,1-4H3/t10?,11-,12+/m1/s1. The van der Waals surface area contributed by atoms with Crippen LogP contribution < -0.4 is 5.73 Å². The quantitative estimate of drug-likeness (QED) is 0.903. The highest BCUT2D eigenvalue weighted by Crippen LogP contribution is 2.30. The molecule has 0 bridgehead atoms. The second kappa shape index (κ2) is 6.85. The number of rotatable bonds is 5. The van der Waals surface area contributed by atoms with Crippen LogP contribution in [0, 0.1) is 6.92 Å². The molecule has 118 valence electrons. The molecule has 2 heterocycles. The number of ether oxygens (including phenoxy) is 1. The number of nitrogens with two attached hydrogens (primary N) is 1. The number of nitrogens with zero attached hydrogens (tertiary/aromatic N) is 2. The Hall–Kier alpha value is -0.980. The summed E-state index contributed by atoms with van der Waals surface area (Å²) in [6.07, 6.45) is 2.25. The molecule has 1 aliphatic rings. The first-order chi connectivity index (χ1) is 9.97. The van der Waals surface area contributed by atoms with Gasteiger partial charge in [0.2, 0.25) is 0 Å². The van der Waals surface area contributed by atoms with E-state index in [0.29, 0.717) is 6.54 Å². The lowest BCUT2D eigenvalue weighted by Gasteiger charge is -2.27. The Kier molecular flexibility index (Phi) is 5.35. The highest BCUT2D eigenvalue weighted by Gasteiger charge is 2.34. The highest BCUT2D eigenvalue weighted by molar-refractivity contribution is 7.11. The van der Waals surface area contributed by atoms with Crippen LogP contribution >= 0.6 is 11.3 Å². The predicted octanol–water partition coefficient (Wildman–Crippen LogP) is 2.04. The van der Waals surface area contributed by atoms with Gasteiger partial charge in [-0.2, -0.15) is 0 Å². The highest BCUT2D eigenvalue weighted by atomic mass is 32.1. The van der Waals surface area contributed by atoms with Gasteiger partial charge in [-0.1, -0.05) is 6.92 Å². The minimum absolute atomic E-state index is 0.0239. The average Bonchev–Trinajstić information content (AvgIpc) is 3.11. The van der Waals surface area contributed by atoms with Crippen LogP contribution in [0.5, 0.6) is 0 Å². The summed E-state index contributed by atoms with van der Waals surface area (Å²) in [5, 5.41) is 1.12. The van der Waals surface area contributed by atoms with Crippen LogP contribution in [0.2, 0.25) is 0 Å². The Bertz CT molecular complexity index is 503. The van der Waals surface area contributed by atoms with Gasteiger partial charge in [-0.25, -0.2) is 4.98 Å². The van der Waals surface area contributed by atoms with Gasteiger partial charge in [0.25, 0.3) is 5.91 Å². The van der Waals surface area contributed by atoms with Crippen molar-refractivity contribution in [2.45, 2.75) is 58.3 Å². The van der Waals surface area contributed by atoms with Gasteiger partial charge in [0.1, 0.15) is 6.10 Å².